The number of hydrogen-bond acceptors (Lipinski definition) is 2. The number of fused-ring (bicyclic) bond motifs is 1. The molecule has 0 spiro atoms. The van der Waals surface area contributed by atoms with Crippen molar-refractivity contribution in [3.05, 3.63) is 48.0 Å². The lowest BCUT2D eigenvalue weighted by Crippen LogP contribution is -2.08. The van der Waals surface area contributed by atoms with Crippen molar-refractivity contribution in [1.29, 1.82) is 0 Å². The monoisotopic (exact) mass is 242 g/mol. The van der Waals surface area contributed by atoms with E-state index in [0.29, 0.717) is 6.42 Å². The molecule has 94 valence electrons. The minimum Gasteiger partial charge on any atom is -0.458 e. The Hall–Kier alpha value is -1.83. The Kier molecular flexibility index (Phi) is 3.98. The van der Waals surface area contributed by atoms with Gasteiger partial charge < -0.3 is 4.74 Å². The highest BCUT2D eigenvalue weighted by molar-refractivity contribution is 5.86. The van der Waals surface area contributed by atoms with Crippen molar-refractivity contribution < 1.29 is 9.53 Å². The summed E-state index contributed by atoms with van der Waals surface area (Å²) in [5, 5.41) is 2.32. The largest absolute Gasteiger partial charge is 0.458 e. The van der Waals surface area contributed by atoms with Gasteiger partial charge in [-0.05, 0) is 29.7 Å². The number of benzene rings is 2. The molecule has 0 bridgehead atoms. The lowest BCUT2D eigenvalue weighted by Gasteiger charge is -2.15. The minimum absolute atomic E-state index is 0.127. The van der Waals surface area contributed by atoms with Gasteiger partial charge in [0.25, 0.3) is 0 Å². The zero-order chi connectivity index (χ0) is 13.0. The van der Waals surface area contributed by atoms with Crippen LogP contribution in [-0.4, -0.2) is 5.97 Å². The molecule has 2 heteroatoms. The van der Waals surface area contributed by atoms with Gasteiger partial charge in [-0.25, -0.2) is 0 Å². The molecule has 1 atom stereocenters. The third-order valence-corrected chi connectivity index (χ3v) is 3.02. The van der Waals surface area contributed by atoms with Gasteiger partial charge in [0.2, 0.25) is 0 Å². The number of rotatable bonds is 4. The molecule has 18 heavy (non-hydrogen) atoms. The van der Waals surface area contributed by atoms with Crippen LogP contribution in [0.5, 0.6) is 0 Å². The molecule has 0 aliphatic carbocycles. The second kappa shape index (κ2) is 5.67. The number of hydrogen-bond donors (Lipinski definition) is 0. The van der Waals surface area contributed by atoms with Crippen LogP contribution in [0.3, 0.4) is 0 Å². The fourth-order valence-electron chi connectivity index (χ4n) is 2.13. The Morgan fingerprint density at radius 2 is 1.89 bits per heavy atom. The Morgan fingerprint density at radius 3 is 2.67 bits per heavy atom. The van der Waals surface area contributed by atoms with Gasteiger partial charge in [0.15, 0.2) is 0 Å². The Labute approximate surface area is 108 Å². The summed E-state index contributed by atoms with van der Waals surface area (Å²) in [5.41, 5.74) is 1.07. The van der Waals surface area contributed by atoms with Crippen LogP contribution in [0.1, 0.15) is 38.4 Å². The van der Waals surface area contributed by atoms with Gasteiger partial charge in [-0.15, -0.1) is 0 Å². The number of carbonyl (C=O) groups is 1. The Balaban J connectivity index is 2.27. The minimum atomic E-state index is -0.199. The predicted molar refractivity (Wildman–Crippen MR) is 73.4 cm³/mol. The number of ether oxygens (including phenoxy) is 1. The lowest BCUT2D eigenvalue weighted by atomic mass is 10.0. The maximum absolute atomic E-state index is 11.5. The van der Waals surface area contributed by atoms with E-state index in [1.807, 2.05) is 38.1 Å². The first kappa shape index (κ1) is 12.6. The quantitative estimate of drug-likeness (QED) is 0.749. The van der Waals surface area contributed by atoms with Crippen molar-refractivity contribution in [2.45, 2.75) is 32.8 Å². The summed E-state index contributed by atoms with van der Waals surface area (Å²) in [4.78, 5) is 11.5. The first-order valence-corrected chi connectivity index (χ1v) is 6.39. The van der Waals surface area contributed by atoms with Crippen molar-refractivity contribution >= 4 is 16.7 Å². The van der Waals surface area contributed by atoms with Crippen LogP contribution in [0.4, 0.5) is 0 Å². The average Bonchev–Trinajstić information content (AvgIpc) is 2.38. The molecule has 0 N–H and O–H groups in total. The van der Waals surface area contributed by atoms with Crippen molar-refractivity contribution in [1.82, 2.24) is 0 Å². The topological polar surface area (TPSA) is 26.3 Å². The molecule has 0 fully saturated rings. The molecule has 2 aromatic carbocycles. The van der Waals surface area contributed by atoms with E-state index in [9.17, 15) is 4.79 Å². The van der Waals surface area contributed by atoms with Crippen molar-refractivity contribution in [2.75, 3.05) is 0 Å². The van der Waals surface area contributed by atoms with Gasteiger partial charge in [0.1, 0.15) is 6.10 Å². The van der Waals surface area contributed by atoms with E-state index in [1.165, 1.54) is 5.39 Å². The second-order valence-corrected chi connectivity index (χ2v) is 4.45. The maximum Gasteiger partial charge on any atom is 0.306 e. The molecule has 0 aromatic heterocycles. The molecular formula is C16H18O2. The molecule has 2 rings (SSSR count). The van der Waals surface area contributed by atoms with Crippen LogP contribution in [-0.2, 0) is 9.53 Å². The maximum atomic E-state index is 11.5. The van der Waals surface area contributed by atoms with Gasteiger partial charge in [0, 0.05) is 6.42 Å². The summed E-state index contributed by atoms with van der Waals surface area (Å²) >= 11 is 0. The third kappa shape index (κ3) is 2.70. The lowest BCUT2D eigenvalue weighted by molar-refractivity contribution is -0.148. The standard InChI is InChI=1S/C16H18O2/c1-3-7-16(17)18-12(2)14-11-6-9-13-8-4-5-10-15(13)14/h4-6,8-12H,3,7H2,1-2H3/t12-/m0/s1. The van der Waals surface area contributed by atoms with Crippen LogP contribution in [0.15, 0.2) is 42.5 Å². The molecule has 2 nitrogen and oxygen atoms in total. The first-order chi connectivity index (χ1) is 8.72. The SMILES string of the molecule is CCCC(=O)O[C@@H](C)c1cccc2ccccc12. The summed E-state index contributed by atoms with van der Waals surface area (Å²) < 4.78 is 5.45. The Bertz CT molecular complexity index is 540. The van der Waals surface area contributed by atoms with Gasteiger partial charge >= 0.3 is 5.97 Å². The van der Waals surface area contributed by atoms with E-state index in [4.69, 9.17) is 4.74 Å². The zero-order valence-corrected chi connectivity index (χ0v) is 10.8. The molecule has 0 amide bonds. The van der Waals surface area contributed by atoms with Gasteiger partial charge in [-0.3, -0.25) is 4.79 Å². The molecule has 0 aliphatic heterocycles. The zero-order valence-electron chi connectivity index (χ0n) is 10.8. The highest BCUT2D eigenvalue weighted by Gasteiger charge is 2.13. The van der Waals surface area contributed by atoms with E-state index in [0.717, 1.165) is 17.4 Å². The van der Waals surface area contributed by atoms with Crippen molar-refractivity contribution in [3.8, 4) is 0 Å². The van der Waals surface area contributed by atoms with E-state index in [1.54, 1.807) is 0 Å². The summed E-state index contributed by atoms with van der Waals surface area (Å²) in [5.74, 6) is -0.127. The molecule has 0 radical (unpaired) electrons. The number of esters is 1. The third-order valence-electron chi connectivity index (χ3n) is 3.02. The molecule has 0 saturated heterocycles. The molecule has 0 aliphatic rings. The first-order valence-electron chi connectivity index (χ1n) is 6.39. The molecule has 0 heterocycles. The van der Waals surface area contributed by atoms with E-state index < -0.39 is 0 Å². The van der Waals surface area contributed by atoms with Gasteiger partial charge in [-0.2, -0.15) is 0 Å². The predicted octanol–water partition coefficient (Wildman–Crippen LogP) is 4.24. The number of carbonyl (C=O) groups excluding carboxylic acids is 1. The normalized spacial score (nSPS) is 12.3. The highest BCUT2D eigenvalue weighted by Crippen LogP contribution is 2.26. The highest BCUT2D eigenvalue weighted by atomic mass is 16.5. The van der Waals surface area contributed by atoms with Crippen LogP contribution < -0.4 is 0 Å². The van der Waals surface area contributed by atoms with Crippen LogP contribution in [0, 0.1) is 0 Å². The van der Waals surface area contributed by atoms with Crippen LogP contribution >= 0.6 is 0 Å². The second-order valence-electron chi connectivity index (χ2n) is 4.45. The van der Waals surface area contributed by atoms with Gasteiger partial charge in [-0.1, -0.05) is 49.4 Å². The van der Waals surface area contributed by atoms with Gasteiger partial charge in [0.05, 0.1) is 0 Å². The van der Waals surface area contributed by atoms with E-state index in [-0.39, 0.29) is 12.1 Å². The molecule has 0 saturated carbocycles. The smallest absolute Gasteiger partial charge is 0.306 e. The molecule has 2 aromatic rings. The summed E-state index contributed by atoms with van der Waals surface area (Å²) in [6.45, 7) is 3.90. The Morgan fingerprint density at radius 1 is 1.17 bits per heavy atom. The summed E-state index contributed by atoms with van der Waals surface area (Å²) in [7, 11) is 0. The van der Waals surface area contributed by atoms with Crippen molar-refractivity contribution in [3.63, 3.8) is 0 Å². The fourth-order valence-corrected chi connectivity index (χ4v) is 2.13. The van der Waals surface area contributed by atoms with Crippen LogP contribution in [0.2, 0.25) is 0 Å². The van der Waals surface area contributed by atoms with Crippen molar-refractivity contribution in [2.24, 2.45) is 0 Å². The van der Waals surface area contributed by atoms with Crippen LogP contribution in [0.25, 0.3) is 10.8 Å². The van der Waals surface area contributed by atoms with E-state index >= 15 is 0 Å². The average molecular weight is 242 g/mol. The van der Waals surface area contributed by atoms with E-state index in [2.05, 4.69) is 18.2 Å². The summed E-state index contributed by atoms with van der Waals surface area (Å²) in [6, 6.07) is 14.2. The molecular weight excluding hydrogens is 224 g/mol. The summed E-state index contributed by atoms with van der Waals surface area (Å²) in [6.07, 6.45) is 1.10. The molecule has 0 unspecified atom stereocenters. The fraction of sp³-hybridized carbons (Fsp3) is 0.312.